The van der Waals surface area contributed by atoms with Gasteiger partial charge >= 0.3 is 12.0 Å². The first-order valence-corrected chi connectivity index (χ1v) is 6.28. The molecule has 0 aromatic rings. The maximum atomic E-state index is 11.7. The number of carbonyl (C=O) groups excluding carboxylic acids is 1. The molecule has 0 aliphatic carbocycles. The fourth-order valence-electron chi connectivity index (χ4n) is 2.03. The van der Waals surface area contributed by atoms with Gasteiger partial charge in [0.05, 0.1) is 18.2 Å². The van der Waals surface area contributed by atoms with Gasteiger partial charge in [-0.3, -0.25) is 0 Å². The summed E-state index contributed by atoms with van der Waals surface area (Å²) in [5, 5.41) is 21.0. The van der Waals surface area contributed by atoms with Crippen molar-refractivity contribution >= 4 is 12.0 Å². The highest BCUT2D eigenvalue weighted by Gasteiger charge is 2.30. The predicted molar refractivity (Wildman–Crippen MR) is 67.9 cm³/mol. The summed E-state index contributed by atoms with van der Waals surface area (Å²) in [6, 6.07) is -0.315. The molecule has 1 heterocycles. The summed E-state index contributed by atoms with van der Waals surface area (Å²) in [5.74, 6) is -0.965. The lowest BCUT2D eigenvalue weighted by molar-refractivity contribution is -0.149. The molecule has 0 aromatic carbocycles. The van der Waals surface area contributed by atoms with Crippen LogP contribution in [0.1, 0.15) is 26.7 Å². The summed E-state index contributed by atoms with van der Waals surface area (Å²) in [7, 11) is 1.59. The molecule has 1 aliphatic rings. The van der Waals surface area contributed by atoms with Crippen LogP contribution < -0.4 is 5.32 Å². The summed E-state index contributed by atoms with van der Waals surface area (Å²) in [4.78, 5) is 23.8. The molecule has 7 heteroatoms. The molecule has 1 rings (SSSR count). The number of ether oxygens (including phenoxy) is 1. The van der Waals surface area contributed by atoms with E-state index in [4.69, 9.17) is 9.84 Å². The quantitative estimate of drug-likeness (QED) is 0.657. The number of carbonyl (C=O) groups is 2. The van der Waals surface area contributed by atoms with Gasteiger partial charge in [-0.1, -0.05) is 0 Å². The number of amides is 2. The van der Waals surface area contributed by atoms with Crippen molar-refractivity contribution in [2.24, 2.45) is 0 Å². The Hall–Kier alpha value is -1.34. The molecule has 0 radical (unpaired) electrons. The number of hydrogen-bond acceptors (Lipinski definition) is 4. The zero-order valence-electron chi connectivity index (χ0n) is 11.5. The van der Waals surface area contributed by atoms with E-state index >= 15 is 0 Å². The summed E-state index contributed by atoms with van der Waals surface area (Å²) in [5.41, 5.74) is -0.954. The minimum absolute atomic E-state index is 0.210. The van der Waals surface area contributed by atoms with Crippen molar-refractivity contribution in [1.82, 2.24) is 10.2 Å². The first-order valence-electron chi connectivity index (χ1n) is 6.28. The van der Waals surface area contributed by atoms with Crippen LogP contribution in [-0.2, 0) is 9.53 Å². The van der Waals surface area contributed by atoms with Gasteiger partial charge in [-0.25, -0.2) is 9.59 Å². The van der Waals surface area contributed by atoms with Crippen LogP contribution in [-0.4, -0.2) is 65.1 Å². The number of nitrogens with zero attached hydrogens (tertiary/aromatic N) is 1. The van der Waals surface area contributed by atoms with Crippen LogP contribution in [0.5, 0.6) is 0 Å². The number of carboxylic acids is 1. The monoisotopic (exact) mass is 274 g/mol. The minimum Gasteiger partial charge on any atom is -0.479 e. The van der Waals surface area contributed by atoms with E-state index in [1.807, 2.05) is 0 Å². The van der Waals surface area contributed by atoms with Crippen molar-refractivity contribution < 1.29 is 24.5 Å². The number of rotatable bonds is 5. The highest BCUT2D eigenvalue weighted by molar-refractivity contribution is 5.74. The van der Waals surface area contributed by atoms with Gasteiger partial charge in [-0.05, 0) is 26.7 Å². The van der Waals surface area contributed by atoms with Gasteiger partial charge in [0.15, 0.2) is 6.10 Å². The van der Waals surface area contributed by atoms with Crippen molar-refractivity contribution in [3.63, 3.8) is 0 Å². The lowest BCUT2D eigenvalue weighted by Crippen LogP contribution is -2.46. The molecule has 3 N–H and O–H groups in total. The fourth-order valence-corrected chi connectivity index (χ4v) is 2.03. The molecule has 0 aromatic heterocycles. The molecular weight excluding hydrogens is 252 g/mol. The number of urea groups is 1. The number of likely N-dealkylation sites (N-methyl/N-ethyl adjacent to an activating group) is 1. The normalized spacial score (nSPS) is 23.2. The van der Waals surface area contributed by atoms with Gasteiger partial charge in [-0.15, -0.1) is 0 Å². The highest BCUT2D eigenvalue weighted by Crippen LogP contribution is 2.19. The Labute approximate surface area is 112 Å². The summed E-state index contributed by atoms with van der Waals surface area (Å²) >= 11 is 0. The molecule has 2 amide bonds. The number of hydrogen-bond donors (Lipinski definition) is 3. The molecule has 110 valence electrons. The highest BCUT2D eigenvalue weighted by atomic mass is 16.5. The van der Waals surface area contributed by atoms with Crippen molar-refractivity contribution in [3.05, 3.63) is 0 Å². The molecular formula is C12H22N2O5. The van der Waals surface area contributed by atoms with E-state index in [9.17, 15) is 14.7 Å². The van der Waals surface area contributed by atoms with Crippen LogP contribution in [0.25, 0.3) is 0 Å². The van der Waals surface area contributed by atoms with Crippen LogP contribution in [0, 0.1) is 0 Å². The van der Waals surface area contributed by atoms with E-state index in [0.29, 0.717) is 12.8 Å². The number of nitrogens with one attached hydrogen (secondary N) is 1. The second-order valence-corrected chi connectivity index (χ2v) is 5.52. The van der Waals surface area contributed by atoms with Gasteiger partial charge in [0, 0.05) is 13.6 Å². The van der Waals surface area contributed by atoms with Gasteiger partial charge < -0.3 is 25.2 Å². The third-order valence-corrected chi connectivity index (χ3v) is 2.83. The second kappa shape index (κ2) is 6.21. The van der Waals surface area contributed by atoms with Gasteiger partial charge in [0.2, 0.25) is 0 Å². The maximum Gasteiger partial charge on any atom is 0.332 e. The standard InChI is InChI=1S/C12H22N2O5/c1-12(2,18)7-14(3)11(17)13-6-8-4-5-9(19-8)10(15)16/h8-9,18H,4-7H2,1-3H3,(H,13,17)(H,15,16). The SMILES string of the molecule is CN(CC(C)(C)O)C(=O)NCC1CCC(C(=O)O)O1. The molecule has 0 bridgehead atoms. The van der Waals surface area contributed by atoms with E-state index in [0.717, 1.165) is 0 Å². The summed E-state index contributed by atoms with van der Waals surface area (Å²) in [6.45, 7) is 3.73. The van der Waals surface area contributed by atoms with Crippen molar-refractivity contribution in [3.8, 4) is 0 Å². The summed E-state index contributed by atoms with van der Waals surface area (Å²) < 4.78 is 5.27. The molecule has 1 aliphatic heterocycles. The smallest absolute Gasteiger partial charge is 0.332 e. The predicted octanol–water partition coefficient (Wildman–Crippen LogP) is 0.0309. The van der Waals surface area contributed by atoms with E-state index in [2.05, 4.69) is 5.32 Å². The molecule has 1 saturated heterocycles. The Morgan fingerprint density at radius 3 is 2.53 bits per heavy atom. The third kappa shape index (κ3) is 5.44. The van der Waals surface area contributed by atoms with Crippen LogP contribution >= 0.6 is 0 Å². The van der Waals surface area contributed by atoms with Crippen LogP contribution in [0.15, 0.2) is 0 Å². The summed E-state index contributed by atoms with van der Waals surface area (Å²) in [6.07, 6.45) is 0.0542. The van der Waals surface area contributed by atoms with E-state index < -0.39 is 17.7 Å². The first kappa shape index (κ1) is 15.7. The molecule has 19 heavy (non-hydrogen) atoms. The molecule has 2 atom stereocenters. The Bertz CT molecular complexity index is 340. The Kier molecular flexibility index (Phi) is 5.13. The minimum atomic E-state index is -0.965. The van der Waals surface area contributed by atoms with Crippen molar-refractivity contribution in [1.29, 1.82) is 0 Å². The number of aliphatic hydroxyl groups is 1. The van der Waals surface area contributed by atoms with Gasteiger partial charge in [0.25, 0.3) is 0 Å². The molecule has 2 unspecified atom stereocenters. The molecule has 0 saturated carbocycles. The zero-order valence-corrected chi connectivity index (χ0v) is 11.5. The first-order chi connectivity index (χ1) is 8.69. The van der Waals surface area contributed by atoms with Crippen molar-refractivity contribution in [2.45, 2.75) is 44.5 Å². The molecule has 0 spiro atoms. The Morgan fingerprint density at radius 2 is 2.05 bits per heavy atom. The van der Waals surface area contributed by atoms with E-state index in [1.165, 1.54) is 4.90 Å². The topological polar surface area (TPSA) is 99.1 Å². The van der Waals surface area contributed by atoms with Gasteiger partial charge in [-0.2, -0.15) is 0 Å². The van der Waals surface area contributed by atoms with Crippen LogP contribution in [0.3, 0.4) is 0 Å². The van der Waals surface area contributed by atoms with Gasteiger partial charge in [0.1, 0.15) is 0 Å². The average molecular weight is 274 g/mol. The second-order valence-electron chi connectivity index (χ2n) is 5.52. The largest absolute Gasteiger partial charge is 0.479 e. The van der Waals surface area contributed by atoms with Crippen LogP contribution in [0.2, 0.25) is 0 Å². The lowest BCUT2D eigenvalue weighted by atomic mass is 10.1. The molecule has 7 nitrogen and oxygen atoms in total. The average Bonchev–Trinajstić information content (AvgIpc) is 2.72. The lowest BCUT2D eigenvalue weighted by Gasteiger charge is -2.26. The third-order valence-electron chi connectivity index (χ3n) is 2.83. The zero-order chi connectivity index (χ0) is 14.6. The number of carboxylic acid groups (broad SMARTS) is 1. The fraction of sp³-hybridized carbons (Fsp3) is 0.833. The van der Waals surface area contributed by atoms with Crippen LogP contribution in [0.4, 0.5) is 4.79 Å². The van der Waals surface area contributed by atoms with Crippen molar-refractivity contribution in [2.75, 3.05) is 20.1 Å². The maximum absolute atomic E-state index is 11.7. The molecule has 1 fully saturated rings. The Morgan fingerprint density at radius 1 is 1.42 bits per heavy atom. The Balaban J connectivity index is 2.29. The number of aliphatic carboxylic acids is 1. The van der Waals surface area contributed by atoms with E-state index in [1.54, 1.807) is 20.9 Å². The van der Waals surface area contributed by atoms with E-state index in [-0.39, 0.29) is 25.2 Å².